The van der Waals surface area contributed by atoms with Crippen LogP contribution in [0.5, 0.6) is 5.75 Å². The van der Waals surface area contributed by atoms with Gasteiger partial charge >= 0.3 is 0 Å². The van der Waals surface area contributed by atoms with E-state index in [1.807, 2.05) is 42.5 Å². The minimum atomic E-state index is -0.109. The lowest BCUT2D eigenvalue weighted by Crippen LogP contribution is -2.55. The van der Waals surface area contributed by atoms with E-state index < -0.39 is 0 Å². The quantitative estimate of drug-likeness (QED) is 0.874. The molecule has 0 spiro atoms. The van der Waals surface area contributed by atoms with Crippen molar-refractivity contribution < 1.29 is 14.3 Å². The van der Waals surface area contributed by atoms with E-state index in [4.69, 9.17) is 4.74 Å². The van der Waals surface area contributed by atoms with Crippen LogP contribution in [-0.4, -0.2) is 30.5 Å². The van der Waals surface area contributed by atoms with E-state index >= 15 is 0 Å². The second-order valence-electron chi connectivity index (χ2n) is 7.89. The van der Waals surface area contributed by atoms with Crippen LogP contribution in [0.1, 0.15) is 32.6 Å². The molecule has 4 unspecified atom stereocenters. The van der Waals surface area contributed by atoms with Crippen LogP contribution in [0.4, 0.5) is 0 Å². The summed E-state index contributed by atoms with van der Waals surface area (Å²) in [5, 5.41) is 8.42. The van der Waals surface area contributed by atoms with Crippen molar-refractivity contribution in [2.24, 2.45) is 11.8 Å². The van der Waals surface area contributed by atoms with Gasteiger partial charge in [-0.15, -0.1) is 0 Å². The van der Waals surface area contributed by atoms with Gasteiger partial charge in [0, 0.05) is 18.5 Å². The van der Waals surface area contributed by atoms with Gasteiger partial charge in [0.05, 0.1) is 0 Å². The molecule has 1 saturated heterocycles. The average molecular weight is 366 g/mol. The molecule has 5 nitrogen and oxygen atoms in total. The first-order valence-corrected chi connectivity index (χ1v) is 9.79. The van der Waals surface area contributed by atoms with Gasteiger partial charge in [-0.2, -0.15) is 0 Å². The van der Waals surface area contributed by atoms with Gasteiger partial charge in [0.2, 0.25) is 5.91 Å². The number of ether oxygens (including phenoxy) is 1. The van der Waals surface area contributed by atoms with Gasteiger partial charge in [0.25, 0.3) is 5.91 Å². The fourth-order valence-corrected chi connectivity index (χ4v) is 4.56. The largest absolute Gasteiger partial charge is 0.484 e. The predicted molar refractivity (Wildman–Crippen MR) is 104 cm³/mol. The van der Waals surface area contributed by atoms with Crippen LogP contribution < -0.4 is 15.4 Å². The molecule has 0 bridgehead atoms. The lowest BCUT2D eigenvalue weighted by Gasteiger charge is -2.43. The van der Waals surface area contributed by atoms with Crippen molar-refractivity contribution in [2.75, 3.05) is 6.61 Å². The maximum absolute atomic E-state index is 12.3. The standard InChI is InChI=1S/C22H26N2O3/c1-14-10-21(25)24-20-12-17(7-9-19(14)20)23-22(26)13-27-18-8-6-15-4-2-3-5-16(15)11-18/h2-6,8,11,14,17,19-20H,7,9-10,12-13H2,1H3,(H,23,26)(H,24,25). The monoisotopic (exact) mass is 366 g/mol. The molecule has 2 aliphatic rings. The number of benzene rings is 2. The number of carbonyl (C=O) groups is 2. The summed E-state index contributed by atoms with van der Waals surface area (Å²) < 4.78 is 5.68. The highest BCUT2D eigenvalue weighted by Gasteiger charge is 2.38. The summed E-state index contributed by atoms with van der Waals surface area (Å²) >= 11 is 0. The average Bonchev–Trinajstić information content (AvgIpc) is 2.66. The van der Waals surface area contributed by atoms with Crippen LogP contribution in [-0.2, 0) is 9.59 Å². The van der Waals surface area contributed by atoms with E-state index in [1.165, 1.54) is 0 Å². The first-order valence-electron chi connectivity index (χ1n) is 9.79. The fraction of sp³-hybridized carbons (Fsp3) is 0.455. The number of carbonyl (C=O) groups excluding carboxylic acids is 2. The molecule has 5 heteroatoms. The molecule has 4 atom stereocenters. The smallest absolute Gasteiger partial charge is 0.258 e. The predicted octanol–water partition coefficient (Wildman–Crippen LogP) is 3.03. The van der Waals surface area contributed by atoms with Crippen molar-refractivity contribution in [3.8, 4) is 5.75 Å². The molecule has 1 aliphatic carbocycles. The van der Waals surface area contributed by atoms with Gasteiger partial charge in [-0.3, -0.25) is 9.59 Å². The SMILES string of the molecule is CC1CC(=O)NC2CC(NC(=O)COc3ccc4ccccc4c3)CCC12. The Morgan fingerprint density at radius 2 is 2.00 bits per heavy atom. The Hall–Kier alpha value is -2.56. The third-order valence-corrected chi connectivity index (χ3v) is 5.94. The van der Waals surface area contributed by atoms with Gasteiger partial charge in [0.15, 0.2) is 6.61 Å². The minimum absolute atomic E-state index is 0.00565. The first-order chi connectivity index (χ1) is 13.1. The van der Waals surface area contributed by atoms with Gasteiger partial charge < -0.3 is 15.4 Å². The van der Waals surface area contributed by atoms with E-state index in [-0.39, 0.29) is 30.5 Å². The summed E-state index contributed by atoms with van der Waals surface area (Å²) in [5.74, 6) is 1.68. The first kappa shape index (κ1) is 17.8. The molecule has 142 valence electrons. The number of piperidine rings is 1. The Morgan fingerprint density at radius 3 is 2.85 bits per heavy atom. The van der Waals surface area contributed by atoms with Crippen molar-refractivity contribution in [3.63, 3.8) is 0 Å². The topological polar surface area (TPSA) is 67.4 Å². The molecule has 2 amide bonds. The molecule has 0 radical (unpaired) electrons. The lowest BCUT2D eigenvalue weighted by molar-refractivity contribution is -0.127. The number of hydrogen-bond acceptors (Lipinski definition) is 3. The number of hydrogen-bond donors (Lipinski definition) is 2. The molecular formula is C22H26N2O3. The number of nitrogens with one attached hydrogen (secondary N) is 2. The van der Waals surface area contributed by atoms with Crippen LogP contribution in [0.25, 0.3) is 10.8 Å². The summed E-state index contributed by atoms with van der Waals surface area (Å²) in [7, 11) is 0. The number of rotatable bonds is 4. The zero-order valence-electron chi connectivity index (χ0n) is 15.6. The minimum Gasteiger partial charge on any atom is -0.484 e. The molecule has 2 N–H and O–H groups in total. The van der Waals surface area contributed by atoms with Crippen molar-refractivity contribution in [1.82, 2.24) is 10.6 Å². The molecule has 1 saturated carbocycles. The van der Waals surface area contributed by atoms with Gasteiger partial charge in [-0.05, 0) is 54.0 Å². The van der Waals surface area contributed by atoms with Crippen LogP contribution in [0, 0.1) is 11.8 Å². The van der Waals surface area contributed by atoms with Crippen molar-refractivity contribution in [1.29, 1.82) is 0 Å². The number of fused-ring (bicyclic) bond motifs is 2. The molecule has 1 heterocycles. The molecule has 1 aliphatic heterocycles. The second-order valence-corrected chi connectivity index (χ2v) is 7.89. The Kier molecular flexibility index (Phi) is 5.01. The van der Waals surface area contributed by atoms with Crippen molar-refractivity contribution in [3.05, 3.63) is 42.5 Å². The molecule has 2 aromatic carbocycles. The van der Waals surface area contributed by atoms with Crippen LogP contribution in [0.2, 0.25) is 0 Å². The molecule has 27 heavy (non-hydrogen) atoms. The zero-order valence-corrected chi connectivity index (χ0v) is 15.6. The molecular weight excluding hydrogens is 340 g/mol. The zero-order chi connectivity index (χ0) is 18.8. The Labute approximate surface area is 159 Å². The summed E-state index contributed by atoms with van der Waals surface area (Å²) in [6, 6.07) is 14.2. The molecule has 0 aromatic heterocycles. The number of amides is 2. The fourth-order valence-electron chi connectivity index (χ4n) is 4.56. The van der Waals surface area contributed by atoms with Gasteiger partial charge in [-0.1, -0.05) is 37.3 Å². The summed E-state index contributed by atoms with van der Waals surface area (Å²) in [4.78, 5) is 24.1. The van der Waals surface area contributed by atoms with E-state index in [0.29, 0.717) is 24.0 Å². The van der Waals surface area contributed by atoms with Crippen molar-refractivity contribution >= 4 is 22.6 Å². The summed E-state index contributed by atoms with van der Waals surface area (Å²) in [6.07, 6.45) is 3.44. The third kappa shape index (κ3) is 4.07. The van der Waals surface area contributed by atoms with Crippen LogP contribution in [0.3, 0.4) is 0 Å². The van der Waals surface area contributed by atoms with Gasteiger partial charge in [-0.25, -0.2) is 0 Å². The van der Waals surface area contributed by atoms with Crippen molar-refractivity contribution in [2.45, 2.75) is 44.7 Å². The highest BCUT2D eigenvalue weighted by molar-refractivity contribution is 5.84. The molecule has 2 aromatic rings. The highest BCUT2D eigenvalue weighted by Crippen LogP contribution is 2.35. The van der Waals surface area contributed by atoms with Crippen LogP contribution in [0.15, 0.2) is 42.5 Å². The van der Waals surface area contributed by atoms with Gasteiger partial charge in [0.1, 0.15) is 5.75 Å². The van der Waals surface area contributed by atoms with Crippen LogP contribution >= 0.6 is 0 Å². The summed E-state index contributed by atoms with van der Waals surface area (Å²) in [6.45, 7) is 2.17. The Balaban J connectivity index is 1.29. The Morgan fingerprint density at radius 1 is 1.19 bits per heavy atom. The normalized spacial score (nSPS) is 27.5. The molecule has 2 fully saturated rings. The summed E-state index contributed by atoms with van der Waals surface area (Å²) in [5.41, 5.74) is 0. The van der Waals surface area contributed by atoms with E-state index in [9.17, 15) is 9.59 Å². The van der Waals surface area contributed by atoms with E-state index in [0.717, 1.165) is 30.0 Å². The van der Waals surface area contributed by atoms with E-state index in [1.54, 1.807) is 0 Å². The Bertz CT molecular complexity index is 850. The maximum Gasteiger partial charge on any atom is 0.258 e. The second kappa shape index (κ2) is 7.59. The highest BCUT2D eigenvalue weighted by atomic mass is 16.5. The molecule has 4 rings (SSSR count). The van der Waals surface area contributed by atoms with E-state index in [2.05, 4.69) is 17.6 Å². The maximum atomic E-state index is 12.3. The third-order valence-electron chi connectivity index (χ3n) is 5.94. The lowest BCUT2D eigenvalue weighted by atomic mass is 9.72.